The molecule has 2 heteroatoms. The molecular formula is C10H13NO. The van der Waals surface area contributed by atoms with Crippen molar-refractivity contribution in [1.82, 2.24) is 4.90 Å². The fourth-order valence-electron chi connectivity index (χ4n) is 1.52. The third kappa shape index (κ3) is 2.23. The lowest BCUT2D eigenvalue weighted by Crippen LogP contribution is -2.37. The van der Waals surface area contributed by atoms with E-state index in [0.29, 0.717) is 0 Å². The number of likely N-dealkylation sites (tertiary alicyclic amines) is 1. The summed E-state index contributed by atoms with van der Waals surface area (Å²) in [5.41, 5.74) is 0. The second kappa shape index (κ2) is 4.77. The Morgan fingerprint density at radius 2 is 2.00 bits per heavy atom. The molecule has 1 fully saturated rings. The smallest absolute Gasteiger partial charge is 0.122 e. The van der Waals surface area contributed by atoms with Crippen LogP contribution in [0.2, 0.25) is 0 Å². The molecule has 1 aliphatic heterocycles. The van der Waals surface area contributed by atoms with Crippen LogP contribution in [0.4, 0.5) is 0 Å². The lowest BCUT2D eigenvalue weighted by Gasteiger charge is -2.28. The highest BCUT2D eigenvalue weighted by molar-refractivity contribution is 5.48. The van der Waals surface area contributed by atoms with Gasteiger partial charge in [0.25, 0.3) is 0 Å². The Labute approximate surface area is 73.2 Å². The number of hydrogen-bond acceptors (Lipinski definition) is 2. The maximum Gasteiger partial charge on any atom is 0.122 e. The van der Waals surface area contributed by atoms with Gasteiger partial charge in [0, 0.05) is 6.08 Å². The highest BCUT2D eigenvalue weighted by Crippen LogP contribution is 2.11. The van der Waals surface area contributed by atoms with Gasteiger partial charge in [0.2, 0.25) is 0 Å². The maximum atomic E-state index is 10.1. The summed E-state index contributed by atoms with van der Waals surface area (Å²) >= 11 is 0. The van der Waals surface area contributed by atoms with Gasteiger partial charge in [0.05, 0.1) is 0 Å². The lowest BCUT2D eigenvalue weighted by molar-refractivity contribution is 0.221. The minimum atomic E-state index is -0.136. The average molecular weight is 163 g/mol. The van der Waals surface area contributed by atoms with Gasteiger partial charge in [-0.15, -0.1) is 6.42 Å². The predicted octanol–water partition coefficient (Wildman–Crippen LogP) is 0.862. The molecule has 0 aromatic carbocycles. The molecule has 64 valence electrons. The predicted molar refractivity (Wildman–Crippen MR) is 48.3 cm³/mol. The molecule has 0 N–H and O–H groups in total. The van der Waals surface area contributed by atoms with Gasteiger partial charge in [0.1, 0.15) is 12.0 Å². The van der Waals surface area contributed by atoms with Crippen LogP contribution < -0.4 is 0 Å². The molecule has 12 heavy (non-hydrogen) atoms. The SMILES string of the molecule is C#CC(C=C=O)N1CCCCC1. The first-order chi connectivity index (χ1) is 5.88. The summed E-state index contributed by atoms with van der Waals surface area (Å²) in [5, 5.41) is 0. The molecule has 1 rings (SSSR count). The molecule has 0 aliphatic carbocycles. The molecule has 0 saturated carbocycles. The molecule has 0 bridgehead atoms. The van der Waals surface area contributed by atoms with Crippen LogP contribution in [-0.4, -0.2) is 30.0 Å². The first-order valence-corrected chi connectivity index (χ1v) is 4.29. The summed E-state index contributed by atoms with van der Waals surface area (Å²) in [6, 6.07) is -0.136. The van der Waals surface area contributed by atoms with Crippen LogP contribution in [-0.2, 0) is 4.79 Å². The van der Waals surface area contributed by atoms with Crippen molar-refractivity contribution in [1.29, 1.82) is 0 Å². The van der Waals surface area contributed by atoms with Crippen LogP contribution in [0.3, 0.4) is 0 Å². The third-order valence-corrected chi connectivity index (χ3v) is 2.18. The molecular weight excluding hydrogens is 150 g/mol. The maximum absolute atomic E-state index is 10.1. The van der Waals surface area contributed by atoms with Crippen molar-refractivity contribution in [3.63, 3.8) is 0 Å². The Morgan fingerprint density at radius 1 is 1.33 bits per heavy atom. The van der Waals surface area contributed by atoms with Crippen molar-refractivity contribution in [3.05, 3.63) is 6.08 Å². The monoisotopic (exact) mass is 163 g/mol. The number of rotatable bonds is 2. The molecule has 1 heterocycles. The van der Waals surface area contributed by atoms with Crippen LogP contribution in [0.25, 0.3) is 0 Å². The second-order valence-corrected chi connectivity index (χ2v) is 2.99. The van der Waals surface area contributed by atoms with E-state index in [4.69, 9.17) is 6.42 Å². The van der Waals surface area contributed by atoms with E-state index in [1.807, 2.05) is 0 Å². The zero-order valence-electron chi connectivity index (χ0n) is 7.12. The summed E-state index contributed by atoms with van der Waals surface area (Å²) in [7, 11) is 0. The first-order valence-electron chi connectivity index (χ1n) is 4.29. The Balaban J connectivity index is 2.53. The van der Waals surface area contributed by atoms with Crippen LogP contribution in [0.1, 0.15) is 19.3 Å². The van der Waals surface area contributed by atoms with Crippen molar-refractivity contribution in [3.8, 4) is 12.3 Å². The van der Waals surface area contributed by atoms with E-state index in [0.717, 1.165) is 13.1 Å². The summed E-state index contributed by atoms with van der Waals surface area (Å²) in [4.78, 5) is 12.3. The number of nitrogens with zero attached hydrogens (tertiary/aromatic N) is 1. The van der Waals surface area contributed by atoms with Crippen molar-refractivity contribution in [2.75, 3.05) is 13.1 Å². The zero-order chi connectivity index (χ0) is 8.81. The number of carbonyl (C=O) groups excluding carboxylic acids is 1. The largest absolute Gasteiger partial charge is 0.286 e. The van der Waals surface area contributed by atoms with Gasteiger partial charge in [-0.1, -0.05) is 12.3 Å². The Morgan fingerprint density at radius 3 is 2.50 bits per heavy atom. The normalized spacial score (nSPS) is 20.6. The fraction of sp³-hybridized carbons (Fsp3) is 0.600. The topological polar surface area (TPSA) is 20.3 Å². The molecule has 0 radical (unpaired) electrons. The van der Waals surface area contributed by atoms with E-state index in [1.165, 1.54) is 25.3 Å². The van der Waals surface area contributed by atoms with Crippen molar-refractivity contribution >= 4 is 5.94 Å². The Hall–Kier alpha value is -1.03. The summed E-state index contributed by atoms with van der Waals surface area (Å²) in [5.74, 6) is 4.34. The van der Waals surface area contributed by atoms with E-state index in [1.54, 1.807) is 5.94 Å². The quantitative estimate of drug-likeness (QED) is 0.444. The minimum absolute atomic E-state index is 0.136. The molecule has 0 aromatic heterocycles. The van der Waals surface area contributed by atoms with Crippen molar-refractivity contribution in [2.45, 2.75) is 25.3 Å². The van der Waals surface area contributed by atoms with Crippen LogP contribution in [0.15, 0.2) is 6.08 Å². The van der Waals surface area contributed by atoms with Gasteiger partial charge in [-0.2, -0.15) is 0 Å². The van der Waals surface area contributed by atoms with E-state index >= 15 is 0 Å². The fourth-order valence-corrected chi connectivity index (χ4v) is 1.52. The lowest BCUT2D eigenvalue weighted by atomic mass is 10.1. The van der Waals surface area contributed by atoms with Crippen molar-refractivity contribution in [2.24, 2.45) is 0 Å². The average Bonchev–Trinajstić information content (AvgIpc) is 2.15. The Kier molecular flexibility index (Phi) is 3.60. The van der Waals surface area contributed by atoms with Gasteiger partial charge >= 0.3 is 0 Å². The number of piperidine rings is 1. The number of terminal acetylenes is 1. The van der Waals surface area contributed by atoms with Gasteiger partial charge in [0.15, 0.2) is 0 Å². The van der Waals surface area contributed by atoms with Gasteiger partial charge < -0.3 is 0 Å². The van der Waals surface area contributed by atoms with Gasteiger partial charge in [-0.05, 0) is 25.9 Å². The molecule has 0 spiro atoms. The van der Waals surface area contributed by atoms with Gasteiger partial charge in [-0.3, -0.25) is 4.90 Å². The first kappa shape index (κ1) is 9.06. The standard InChI is InChI=1S/C10H13NO/c1-2-10(6-9-12)11-7-4-3-5-8-11/h1,6,10H,3-5,7-8H2. The van der Waals surface area contributed by atoms with E-state index in [2.05, 4.69) is 10.8 Å². The van der Waals surface area contributed by atoms with Crippen LogP contribution in [0, 0.1) is 12.3 Å². The van der Waals surface area contributed by atoms with E-state index in [-0.39, 0.29) is 6.04 Å². The zero-order valence-corrected chi connectivity index (χ0v) is 7.12. The summed E-state index contributed by atoms with van der Waals surface area (Å²) in [6.07, 6.45) is 10.4. The van der Waals surface area contributed by atoms with Crippen LogP contribution in [0.5, 0.6) is 0 Å². The molecule has 1 unspecified atom stereocenters. The molecule has 2 nitrogen and oxygen atoms in total. The molecule has 1 atom stereocenters. The third-order valence-electron chi connectivity index (χ3n) is 2.18. The highest BCUT2D eigenvalue weighted by Gasteiger charge is 2.16. The molecule has 1 aliphatic rings. The van der Waals surface area contributed by atoms with Gasteiger partial charge in [-0.25, -0.2) is 4.79 Å². The minimum Gasteiger partial charge on any atom is -0.286 e. The molecule has 0 amide bonds. The summed E-state index contributed by atoms with van der Waals surface area (Å²) < 4.78 is 0. The number of hydrogen-bond donors (Lipinski definition) is 0. The van der Waals surface area contributed by atoms with Crippen LogP contribution >= 0.6 is 0 Å². The van der Waals surface area contributed by atoms with Crippen molar-refractivity contribution < 1.29 is 4.79 Å². The molecule has 0 aromatic rings. The highest BCUT2D eigenvalue weighted by atomic mass is 16.1. The van der Waals surface area contributed by atoms with E-state index < -0.39 is 0 Å². The Bertz CT molecular complexity index is 216. The van der Waals surface area contributed by atoms with E-state index in [9.17, 15) is 4.79 Å². The molecule has 1 saturated heterocycles. The summed E-state index contributed by atoms with van der Waals surface area (Å²) in [6.45, 7) is 2.01. The second-order valence-electron chi connectivity index (χ2n) is 2.99.